The van der Waals surface area contributed by atoms with Gasteiger partial charge in [0, 0.05) is 6.54 Å². The minimum Gasteiger partial charge on any atom is -0.319 e. The van der Waals surface area contributed by atoms with Crippen LogP contribution in [0.2, 0.25) is 0 Å². The average molecular weight is 448 g/mol. The molecule has 0 spiro atoms. The zero-order chi connectivity index (χ0) is 23.9. The van der Waals surface area contributed by atoms with Crippen molar-refractivity contribution in [3.05, 3.63) is 70.8 Å². The molecular formula is C24H28F3N3O2. The molecule has 1 aliphatic heterocycles. The van der Waals surface area contributed by atoms with Crippen molar-refractivity contribution < 1.29 is 22.8 Å². The minimum absolute atomic E-state index is 0.0152. The van der Waals surface area contributed by atoms with Crippen LogP contribution in [0.25, 0.3) is 0 Å². The smallest absolute Gasteiger partial charge is 0.319 e. The van der Waals surface area contributed by atoms with Crippen molar-refractivity contribution in [3.63, 3.8) is 0 Å². The second-order valence-corrected chi connectivity index (χ2v) is 9.47. The largest absolute Gasteiger partial charge is 0.416 e. The lowest BCUT2D eigenvalue weighted by atomic mass is 9.84. The summed E-state index contributed by atoms with van der Waals surface area (Å²) in [4.78, 5) is 28.6. The molecule has 0 radical (unpaired) electrons. The highest BCUT2D eigenvalue weighted by Crippen LogP contribution is 2.32. The number of carbonyl (C=O) groups is 2. The third-order valence-electron chi connectivity index (χ3n) is 5.72. The van der Waals surface area contributed by atoms with E-state index in [0.717, 1.165) is 22.6 Å². The van der Waals surface area contributed by atoms with Crippen LogP contribution in [0, 0.1) is 0 Å². The van der Waals surface area contributed by atoms with Crippen molar-refractivity contribution in [1.29, 1.82) is 0 Å². The van der Waals surface area contributed by atoms with Crippen LogP contribution in [0.15, 0.2) is 48.5 Å². The van der Waals surface area contributed by atoms with Crippen molar-refractivity contribution in [2.75, 3.05) is 13.7 Å². The van der Waals surface area contributed by atoms with Gasteiger partial charge in [0.15, 0.2) is 0 Å². The molecule has 8 heteroatoms. The van der Waals surface area contributed by atoms with E-state index in [4.69, 9.17) is 0 Å². The van der Waals surface area contributed by atoms with Gasteiger partial charge < -0.3 is 5.32 Å². The van der Waals surface area contributed by atoms with Gasteiger partial charge >= 0.3 is 12.2 Å². The third-order valence-corrected chi connectivity index (χ3v) is 5.72. The topological polar surface area (TPSA) is 52.6 Å². The number of nitrogens with one attached hydrogen (secondary N) is 1. The van der Waals surface area contributed by atoms with Gasteiger partial charge in [0.2, 0.25) is 0 Å². The number of hydrogen-bond acceptors (Lipinski definition) is 3. The molecule has 3 rings (SSSR count). The lowest BCUT2D eigenvalue weighted by molar-refractivity contribution is -0.137. The van der Waals surface area contributed by atoms with Gasteiger partial charge in [-0.2, -0.15) is 13.2 Å². The van der Waals surface area contributed by atoms with Gasteiger partial charge in [0.1, 0.15) is 5.54 Å². The quantitative estimate of drug-likeness (QED) is 0.666. The SMILES string of the molecule is CN(Cc1ccc(C(F)(F)F)cc1)CN1C(=O)NC(C)(c2ccc(C(C)(C)C)cc2)C1=O. The van der Waals surface area contributed by atoms with Crippen molar-refractivity contribution in [1.82, 2.24) is 15.1 Å². The fraction of sp³-hybridized carbons (Fsp3) is 0.417. The van der Waals surface area contributed by atoms with Gasteiger partial charge in [-0.15, -0.1) is 0 Å². The molecule has 0 bridgehead atoms. The molecule has 0 aliphatic carbocycles. The van der Waals surface area contributed by atoms with E-state index in [-0.39, 0.29) is 24.5 Å². The van der Waals surface area contributed by atoms with Gasteiger partial charge in [0.05, 0.1) is 12.2 Å². The summed E-state index contributed by atoms with van der Waals surface area (Å²) in [7, 11) is 1.70. The van der Waals surface area contributed by atoms with Crippen LogP contribution in [-0.2, 0) is 28.5 Å². The monoisotopic (exact) mass is 447 g/mol. The van der Waals surface area contributed by atoms with Crippen LogP contribution in [-0.4, -0.2) is 35.5 Å². The number of amides is 3. The van der Waals surface area contributed by atoms with Crippen molar-refractivity contribution in [3.8, 4) is 0 Å². The van der Waals surface area contributed by atoms with Crippen LogP contribution in [0.4, 0.5) is 18.0 Å². The van der Waals surface area contributed by atoms with Gasteiger partial charge in [-0.1, -0.05) is 57.2 Å². The molecule has 1 fully saturated rings. The summed E-state index contributed by atoms with van der Waals surface area (Å²) in [5.74, 6) is -0.370. The first kappa shape index (κ1) is 23.8. The highest BCUT2D eigenvalue weighted by Gasteiger charge is 2.49. The van der Waals surface area contributed by atoms with E-state index in [1.54, 1.807) is 18.9 Å². The number of halogens is 3. The summed E-state index contributed by atoms with van der Waals surface area (Å²) in [6.07, 6.45) is -4.39. The first-order valence-corrected chi connectivity index (χ1v) is 10.3. The number of hydrogen-bond donors (Lipinski definition) is 1. The highest BCUT2D eigenvalue weighted by atomic mass is 19.4. The second kappa shape index (κ2) is 8.24. The molecule has 0 saturated carbocycles. The first-order chi connectivity index (χ1) is 14.7. The first-order valence-electron chi connectivity index (χ1n) is 10.3. The molecule has 2 aromatic rings. The van der Waals surface area contributed by atoms with Crippen LogP contribution < -0.4 is 5.32 Å². The van der Waals surface area contributed by atoms with Crippen molar-refractivity contribution >= 4 is 11.9 Å². The number of benzene rings is 2. The molecular weight excluding hydrogens is 419 g/mol. The molecule has 2 aromatic carbocycles. The van der Waals surface area contributed by atoms with Gasteiger partial charge in [-0.05, 0) is 48.2 Å². The highest BCUT2D eigenvalue weighted by molar-refractivity contribution is 6.07. The Morgan fingerprint density at radius 1 is 0.938 bits per heavy atom. The Morgan fingerprint density at radius 2 is 1.47 bits per heavy atom. The summed E-state index contributed by atoms with van der Waals surface area (Å²) < 4.78 is 38.2. The maximum Gasteiger partial charge on any atom is 0.416 e. The number of imide groups is 1. The van der Waals surface area contributed by atoms with Crippen molar-refractivity contribution in [2.45, 2.75) is 51.4 Å². The predicted octanol–water partition coefficient (Wildman–Crippen LogP) is 4.86. The molecule has 1 heterocycles. The molecule has 3 amide bonds. The summed E-state index contributed by atoms with van der Waals surface area (Å²) in [6.45, 7) is 8.27. The molecule has 1 atom stereocenters. The average Bonchev–Trinajstić information content (AvgIpc) is 2.91. The van der Waals surface area contributed by atoms with Gasteiger partial charge in [-0.3, -0.25) is 9.69 Å². The third kappa shape index (κ3) is 4.80. The zero-order valence-corrected chi connectivity index (χ0v) is 18.9. The Morgan fingerprint density at radius 3 is 1.97 bits per heavy atom. The van der Waals surface area contributed by atoms with Gasteiger partial charge in [0.25, 0.3) is 5.91 Å². The number of nitrogens with zero attached hydrogens (tertiary/aromatic N) is 2. The van der Waals surface area contributed by atoms with E-state index in [2.05, 4.69) is 26.1 Å². The lowest BCUT2D eigenvalue weighted by Crippen LogP contribution is -2.42. The molecule has 32 heavy (non-hydrogen) atoms. The Balaban J connectivity index is 1.70. The van der Waals surface area contributed by atoms with Crippen molar-refractivity contribution in [2.24, 2.45) is 0 Å². The Bertz CT molecular complexity index is 995. The van der Waals surface area contributed by atoms with E-state index < -0.39 is 23.3 Å². The summed E-state index contributed by atoms with van der Waals surface area (Å²) in [5, 5.41) is 2.78. The number of carbonyl (C=O) groups excluding carboxylic acids is 2. The molecule has 1 N–H and O–H groups in total. The Hall–Kier alpha value is -2.87. The normalized spacial score (nSPS) is 19.6. The number of alkyl halides is 3. The van der Waals surface area contributed by atoms with Crippen LogP contribution in [0.5, 0.6) is 0 Å². The second-order valence-electron chi connectivity index (χ2n) is 9.47. The van der Waals surface area contributed by atoms with E-state index in [1.807, 2.05) is 24.3 Å². The van der Waals surface area contributed by atoms with E-state index in [1.165, 1.54) is 12.1 Å². The molecule has 1 unspecified atom stereocenters. The maximum absolute atomic E-state index is 13.2. The van der Waals surface area contributed by atoms with E-state index in [0.29, 0.717) is 11.1 Å². The van der Waals surface area contributed by atoms with Crippen LogP contribution in [0.3, 0.4) is 0 Å². The lowest BCUT2D eigenvalue weighted by Gasteiger charge is -2.26. The number of rotatable bonds is 5. The molecule has 172 valence electrons. The number of urea groups is 1. The van der Waals surface area contributed by atoms with E-state index in [9.17, 15) is 22.8 Å². The molecule has 1 aliphatic rings. The summed E-state index contributed by atoms with van der Waals surface area (Å²) in [5.41, 5.74) is 0.531. The fourth-order valence-electron chi connectivity index (χ4n) is 3.73. The summed E-state index contributed by atoms with van der Waals surface area (Å²) in [6, 6.07) is 12.0. The Labute approximate surface area is 186 Å². The minimum atomic E-state index is -4.39. The summed E-state index contributed by atoms with van der Waals surface area (Å²) >= 11 is 0. The standard InChI is InChI=1S/C24H28F3N3O2/c1-22(2,3)17-10-12-18(13-11-17)23(4)20(31)30(21(32)28-23)15-29(5)14-16-6-8-19(9-7-16)24(25,26)27/h6-13H,14-15H2,1-5H3,(H,28,32). The zero-order valence-electron chi connectivity index (χ0n) is 18.9. The van der Waals surface area contributed by atoms with Crippen LogP contribution in [0.1, 0.15) is 49.9 Å². The predicted molar refractivity (Wildman–Crippen MR) is 116 cm³/mol. The fourth-order valence-corrected chi connectivity index (χ4v) is 3.73. The van der Waals surface area contributed by atoms with Crippen LogP contribution >= 0.6 is 0 Å². The van der Waals surface area contributed by atoms with Gasteiger partial charge in [-0.25, -0.2) is 9.69 Å². The maximum atomic E-state index is 13.2. The molecule has 0 aromatic heterocycles. The molecule has 5 nitrogen and oxygen atoms in total. The van der Waals surface area contributed by atoms with E-state index >= 15 is 0 Å². The Kier molecular flexibility index (Phi) is 6.12. The molecule has 1 saturated heterocycles.